The fourth-order valence-corrected chi connectivity index (χ4v) is 3.31. The van der Waals surface area contributed by atoms with Gasteiger partial charge in [0.15, 0.2) is 9.84 Å². The summed E-state index contributed by atoms with van der Waals surface area (Å²) in [7, 11) is -1.85. The van der Waals surface area contributed by atoms with Crippen molar-refractivity contribution in [1.29, 1.82) is 0 Å². The van der Waals surface area contributed by atoms with E-state index in [0.29, 0.717) is 12.3 Å². The van der Waals surface area contributed by atoms with Crippen LogP contribution in [0.15, 0.2) is 59.5 Å². The maximum absolute atomic E-state index is 12.1. The third kappa shape index (κ3) is 5.10. The predicted molar refractivity (Wildman–Crippen MR) is 88.0 cm³/mol. The molecule has 0 radical (unpaired) electrons. The first kappa shape index (κ1) is 17.0. The molecule has 0 atom stereocenters. The van der Waals surface area contributed by atoms with E-state index >= 15 is 0 Å². The monoisotopic (exact) mass is 333 g/mol. The quantitative estimate of drug-likeness (QED) is 0.843. The van der Waals surface area contributed by atoms with Gasteiger partial charge in [0.2, 0.25) is 5.91 Å². The molecule has 0 heterocycles. The molecule has 0 aliphatic rings. The summed E-state index contributed by atoms with van der Waals surface area (Å²) in [5.41, 5.74) is 0.892. The molecule has 0 unspecified atom stereocenters. The average Bonchev–Trinajstić information content (AvgIpc) is 2.59. The van der Waals surface area contributed by atoms with Crippen molar-refractivity contribution in [3.63, 3.8) is 0 Å². The third-order valence-electron chi connectivity index (χ3n) is 3.32. The van der Waals surface area contributed by atoms with Crippen molar-refractivity contribution < 1.29 is 17.9 Å². The molecule has 5 nitrogen and oxygen atoms in total. The van der Waals surface area contributed by atoms with Crippen LogP contribution >= 0.6 is 0 Å². The Morgan fingerprint density at radius 3 is 2.52 bits per heavy atom. The van der Waals surface area contributed by atoms with Crippen molar-refractivity contribution in [3.8, 4) is 5.75 Å². The number of sulfone groups is 1. The molecule has 1 N–H and O–H groups in total. The second-order valence-electron chi connectivity index (χ2n) is 5.01. The van der Waals surface area contributed by atoms with Gasteiger partial charge >= 0.3 is 0 Å². The van der Waals surface area contributed by atoms with Gasteiger partial charge in [-0.15, -0.1) is 0 Å². The summed E-state index contributed by atoms with van der Waals surface area (Å²) in [6.45, 7) is 0.335. The molecule has 2 aromatic rings. The molecule has 122 valence electrons. The molecule has 0 aromatic heterocycles. The Hall–Kier alpha value is -2.34. The molecular weight excluding hydrogens is 314 g/mol. The average molecular weight is 333 g/mol. The van der Waals surface area contributed by atoms with Crippen LogP contribution in [0.3, 0.4) is 0 Å². The lowest BCUT2D eigenvalue weighted by Gasteiger charge is -2.07. The Kier molecular flexibility index (Phi) is 5.76. The van der Waals surface area contributed by atoms with Crippen LogP contribution in [0.5, 0.6) is 5.75 Å². The normalized spacial score (nSPS) is 11.0. The molecule has 1 amide bonds. The highest BCUT2D eigenvalue weighted by Crippen LogP contribution is 2.13. The molecule has 23 heavy (non-hydrogen) atoms. The van der Waals surface area contributed by atoms with E-state index in [4.69, 9.17) is 4.74 Å². The molecule has 0 aliphatic heterocycles. The molecule has 0 saturated heterocycles. The summed E-state index contributed by atoms with van der Waals surface area (Å²) in [5.74, 6) is 0.205. The van der Waals surface area contributed by atoms with Crippen molar-refractivity contribution >= 4 is 15.7 Å². The largest absolute Gasteiger partial charge is 0.497 e. The molecule has 2 aromatic carbocycles. The van der Waals surface area contributed by atoms with E-state index in [9.17, 15) is 13.2 Å². The molecule has 0 spiro atoms. The number of nitrogens with one attached hydrogen (secondary N) is 1. The first-order chi connectivity index (χ1) is 11.0. The summed E-state index contributed by atoms with van der Waals surface area (Å²) in [5, 5.41) is 2.72. The first-order valence-corrected chi connectivity index (χ1v) is 8.84. The standard InChI is InChI=1S/C17H19NO4S/c1-22-15-7-5-6-14(12-15)13-18-17(19)10-11-23(20,21)16-8-3-2-4-9-16/h2-9,12H,10-11,13H2,1H3,(H,18,19). The van der Waals surface area contributed by atoms with Crippen molar-refractivity contribution in [2.24, 2.45) is 0 Å². The van der Waals surface area contributed by atoms with Crippen LogP contribution in [0.1, 0.15) is 12.0 Å². The minimum absolute atomic E-state index is 0.0683. The Morgan fingerprint density at radius 2 is 1.83 bits per heavy atom. The zero-order chi connectivity index (χ0) is 16.7. The Labute approximate surface area is 136 Å². The van der Waals surface area contributed by atoms with Gasteiger partial charge < -0.3 is 10.1 Å². The molecule has 6 heteroatoms. The smallest absolute Gasteiger partial charge is 0.221 e. The number of hydrogen-bond donors (Lipinski definition) is 1. The minimum atomic E-state index is -3.43. The van der Waals surface area contributed by atoms with Gasteiger partial charge in [-0.05, 0) is 29.8 Å². The zero-order valence-electron chi connectivity index (χ0n) is 12.9. The molecule has 0 bridgehead atoms. The van der Waals surface area contributed by atoms with Crippen molar-refractivity contribution in [1.82, 2.24) is 5.32 Å². The lowest BCUT2D eigenvalue weighted by atomic mass is 10.2. The van der Waals surface area contributed by atoms with Crippen LogP contribution in [-0.4, -0.2) is 27.2 Å². The van der Waals surface area contributed by atoms with Crippen molar-refractivity contribution in [2.45, 2.75) is 17.9 Å². The maximum Gasteiger partial charge on any atom is 0.221 e. The van der Waals surface area contributed by atoms with E-state index in [0.717, 1.165) is 5.56 Å². The number of carbonyl (C=O) groups is 1. The van der Waals surface area contributed by atoms with Gasteiger partial charge in [0.25, 0.3) is 0 Å². The minimum Gasteiger partial charge on any atom is -0.497 e. The lowest BCUT2D eigenvalue weighted by molar-refractivity contribution is -0.120. The van der Waals surface area contributed by atoms with Gasteiger partial charge in [0.05, 0.1) is 17.8 Å². The Bertz CT molecular complexity index is 757. The van der Waals surface area contributed by atoms with Crippen LogP contribution in [0, 0.1) is 0 Å². The van der Waals surface area contributed by atoms with Gasteiger partial charge in [0.1, 0.15) is 5.75 Å². The van der Waals surface area contributed by atoms with E-state index in [2.05, 4.69) is 5.32 Å². The fourth-order valence-electron chi connectivity index (χ4n) is 2.04. The van der Waals surface area contributed by atoms with Gasteiger partial charge in [-0.25, -0.2) is 8.42 Å². The second kappa shape index (κ2) is 7.78. The van der Waals surface area contributed by atoms with E-state index in [-0.39, 0.29) is 23.0 Å². The summed E-state index contributed by atoms with van der Waals surface area (Å²) in [4.78, 5) is 12.1. The van der Waals surface area contributed by atoms with Crippen LogP contribution in [-0.2, 0) is 21.2 Å². The molecule has 0 fully saturated rings. The highest BCUT2D eigenvalue weighted by molar-refractivity contribution is 7.91. The summed E-state index contributed by atoms with van der Waals surface area (Å²) in [6, 6.07) is 15.5. The molecule has 0 aliphatic carbocycles. The van der Waals surface area contributed by atoms with Crippen molar-refractivity contribution in [3.05, 3.63) is 60.2 Å². The lowest BCUT2D eigenvalue weighted by Crippen LogP contribution is -2.25. The maximum atomic E-state index is 12.1. The Balaban J connectivity index is 1.85. The molecule has 0 saturated carbocycles. The predicted octanol–water partition coefficient (Wildman–Crippen LogP) is 2.18. The number of rotatable bonds is 7. The highest BCUT2D eigenvalue weighted by Gasteiger charge is 2.15. The van der Waals surface area contributed by atoms with Gasteiger partial charge in [0, 0.05) is 13.0 Å². The van der Waals surface area contributed by atoms with Crippen molar-refractivity contribution in [2.75, 3.05) is 12.9 Å². The number of hydrogen-bond acceptors (Lipinski definition) is 4. The number of amides is 1. The molecule has 2 rings (SSSR count). The highest BCUT2D eigenvalue weighted by atomic mass is 32.2. The number of carbonyl (C=O) groups excluding carboxylic acids is 1. The van der Waals surface area contributed by atoms with Gasteiger partial charge in [-0.2, -0.15) is 0 Å². The van der Waals surface area contributed by atoms with Crippen LogP contribution < -0.4 is 10.1 Å². The molecular formula is C17H19NO4S. The fraction of sp³-hybridized carbons (Fsp3) is 0.235. The summed E-state index contributed by atoms with van der Waals surface area (Å²) < 4.78 is 29.3. The van der Waals surface area contributed by atoms with E-state index in [1.54, 1.807) is 25.3 Å². The van der Waals surface area contributed by atoms with E-state index < -0.39 is 9.84 Å². The van der Waals surface area contributed by atoms with Crippen LogP contribution in [0.2, 0.25) is 0 Å². The van der Waals surface area contributed by atoms with Gasteiger partial charge in [-0.1, -0.05) is 30.3 Å². The SMILES string of the molecule is COc1cccc(CNC(=O)CCS(=O)(=O)c2ccccc2)c1. The number of benzene rings is 2. The second-order valence-corrected chi connectivity index (χ2v) is 7.12. The number of methoxy groups -OCH3 is 1. The third-order valence-corrected chi connectivity index (χ3v) is 5.06. The van der Waals surface area contributed by atoms with E-state index in [1.807, 2.05) is 24.3 Å². The van der Waals surface area contributed by atoms with Crippen LogP contribution in [0.25, 0.3) is 0 Å². The van der Waals surface area contributed by atoms with Crippen LogP contribution in [0.4, 0.5) is 0 Å². The summed E-state index contributed by atoms with van der Waals surface area (Å²) >= 11 is 0. The number of ether oxygens (including phenoxy) is 1. The van der Waals surface area contributed by atoms with E-state index in [1.165, 1.54) is 12.1 Å². The summed E-state index contributed by atoms with van der Waals surface area (Å²) in [6.07, 6.45) is -0.0683. The zero-order valence-corrected chi connectivity index (χ0v) is 13.7. The Morgan fingerprint density at radius 1 is 1.09 bits per heavy atom. The topological polar surface area (TPSA) is 72.5 Å². The first-order valence-electron chi connectivity index (χ1n) is 7.19. The van der Waals surface area contributed by atoms with Gasteiger partial charge in [-0.3, -0.25) is 4.79 Å².